The van der Waals surface area contributed by atoms with Gasteiger partial charge in [-0.1, -0.05) is 0 Å². The molecule has 1 aliphatic rings. The molecule has 1 fully saturated rings. The van der Waals surface area contributed by atoms with Crippen molar-refractivity contribution in [2.24, 2.45) is 0 Å². The number of likely N-dealkylation sites (tertiary alicyclic amines) is 1. The molecule has 2 amide bonds. The number of hydrogen-bond acceptors (Lipinski definition) is 2. The summed E-state index contributed by atoms with van der Waals surface area (Å²) in [4.78, 5) is 24.6. The highest BCUT2D eigenvalue weighted by Crippen LogP contribution is 2.22. The predicted octanol–water partition coefficient (Wildman–Crippen LogP) is 1.94. The number of nitrogens with zero attached hydrogens (tertiary/aromatic N) is 1. The maximum atomic E-state index is 11.9. The fraction of sp³-hybridized carbons (Fsp3) is 0.833. The van der Waals surface area contributed by atoms with E-state index in [0.717, 1.165) is 12.8 Å². The van der Waals surface area contributed by atoms with Crippen LogP contribution in [0.4, 0.5) is 4.79 Å². The first-order valence-electron chi connectivity index (χ1n) is 6.08. The van der Waals surface area contributed by atoms with Gasteiger partial charge < -0.3 is 10.2 Å². The third kappa shape index (κ3) is 3.51. The molecule has 0 aliphatic carbocycles. The summed E-state index contributed by atoms with van der Waals surface area (Å²) >= 11 is 0. The molecule has 0 radical (unpaired) electrons. The second-order valence-electron chi connectivity index (χ2n) is 4.72. The van der Waals surface area contributed by atoms with Crippen LogP contribution >= 0.6 is 0 Å². The van der Waals surface area contributed by atoms with Gasteiger partial charge in [-0.3, -0.25) is 4.79 Å². The SMILES string of the molecule is CC(=O)CCNC(=O)N1C(C)CCCC1C. The largest absolute Gasteiger partial charge is 0.338 e. The standard InChI is InChI=1S/C12H22N2O2/c1-9-5-4-6-10(2)14(9)12(16)13-8-7-11(3)15/h9-10H,4-8H2,1-3H3,(H,13,16). The summed E-state index contributed by atoms with van der Waals surface area (Å²) in [6.45, 7) is 6.16. The molecule has 0 aromatic heterocycles. The van der Waals surface area contributed by atoms with Gasteiger partial charge in [0.25, 0.3) is 0 Å². The van der Waals surface area contributed by atoms with Crippen LogP contribution < -0.4 is 5.32 Å². The molecule has 0 bridgehead atoms. The number of urea groups is 1. The third-order valence-corrected chi connectivity index (χ3v) is 3.18. The van der Waals surface area contributed by atoms with Crippen LogP contribution in [0.15, 0.2) is 0 Å². The Balaban J connectivity index is 2.41. The average Bonchev–Trinajstić information content (AvgIpc) is 2.16. The van der Waals surface area contributed by atoms with Crippen molar-refractivity contribution in [3.63, 3.8) is 0 Å². The van der Waals surface area contributed by atoms with Crippen molar-refractivity contribution in [3.8, 4) is 0 Å². The molecule has 1 rings (SSSR count). The van der Waals surface area contributed by atoms with Crippen LogP contribution in [0, 0.1) is 0 Å². The van der Waals surface area contributed by atoms with E-state index in [2.05, 4.69) is 19.2 Å². The van der Waals surface area contributed by atoms with E-state index in [1.54, 1.807) is 0 Å². The fourth-order valence-corrected chi connectivity index (χ4v) is 2.26. The molecule has 0 aromatic carbocycles. The van der Waals surface area contributed by atoms with Gasteiger partial charge in [-0.25, -0.2) is 4.79 Å². The molecule has 2 atom stereocenters. The fourth-order valence-electron chi connectivity index (χ4n) is 2.26. The summed E-state index contributed by atoms with van der Waals surface area (Å²) in [7, 11) is 0. The van der Waals surface area contributed by atoms with Gasteiger partial charge in [0.15, 0.2) is 0 Å². The Morgan fingerprint density at radius 1 is 1.25 bits per heavy atom. The number of amides is 2. The maximum Gasteiger partial charge on any atom is 0.317 e. The second kappa shape index (κ2) is 5.87. The van der Waals surface area contributed by atoms with E-state index in [9.17, 15) is 9.59 Å². The second-order valence-corrected chi connectivity index (χ2v) is 4.72. The Morgan fingerprint density at radius 2 is 1.81 bits per heavy atom. The zero-order chi connectivity index (χ0) is 12.1. The maximum absolute atomic E-state index is 11.9. The van der Waals surface area contributed by atoms with E-state index in [1.165, 1.54) is 13.3 Å². The number of piperidine rings is 1. The Hall–Kier alpha value is -1.06. The molecule has 1 N–H and O–H groups in total. The van der Waals surface area contributed by atoms with Crippen LogP contribution in [0.2, 0.25) is 0 Å². The first-order valence-corrected chi connectivity index (χ1v) is 6.08. The highest BCUT2D eigenvalue weighted by atomic mass is 16.2. The van der Waals surface area contributed by atoms with Gasteiger partial charge in [-0.2, -0.15) is 0 Å². The van der Waals surface area contributed by atoms with Crippen molar-refractivity contribution in [2.45, 2.75) is 58.5 Å². The Morgan fingerprint density at radius 3 is 2.31 bits per heavy atom. The van der Waals surface area contributed by atoms with Crippen LogP contribution in [0.1, 0.15) is 46.5 Å². The Labute approximate surface area is 97.4 Å². The summed E-state index contributed by atoms with van der Waals surface area (Å²) in [6.07, 6.45) is 3.76. The van der Waals surface area contributed by atoms with E-state index in [0.29, 0.717) is 25.0 Å². The molecular formula is C12H22N2O2. The zero-order valence-corrected chi connectivity index (χ0v) is 10.5. The van der Waals surface area contributed by atoms with Gasteiger partial charge in [-0.05, 0) is 40.0 Å². The summed E-state index contributed by atoms with van der Waals surface area (Å²) in [5.74, 6) is 0.111. The van der Waals surface area contributed by atoms with Crippen molar-refractivity contribution < 1.29 is 9.59 Å². The number of Topliss-reactive ketones (excluding diaryl/α,β-unsaturated/α-hetero) is 1. The minimum Gasteiger partial charge on any atom is -0.338 e. The van der Waals surface area contributed by atoms with E-state index >= 15 is 0 Å². The normalized spacial score (nSPS) is 25.3. The molecule has 0 saturated carbocycles. The number of rotatable bonds is 3. The smallest absolute Gasteiger partial charge is 0.317 e. The monoisotopic (exact) mass is 226 g/mol. The van der Waals surface area contributed by atoms with Crippen LogP contribution in [-0.2, 0) is 4.79 Å². The van der Waals surface area contributed by atoms with Crippen LogP contribution in [-0.4, -0.2) is 35.3 Å². The minimum atomic E-state index is -0.0269. The van der Waals surface area contributed by atoms with Crippen molar-refractivity contribution in [1.82, 2.24) is 10.2 Å². The van der Waals surface area contributed by atoms with E-state index in [-0.39, 0.29) is 11.8 Å². The molecule has 4 heteroatoms. The predicted molar refractivity (Wildman–Crippen MR) is 63.3 cm³/mol. The molecule has 1 saturated heterocycles. The van der Waals surface area contributed by atoms with Gasteiger partial charge in [0.1, 0.15) is 5.78 Å². The van der Waals surface area contributed by atoms with E-state index in [1.807, 2.05) is 4.90 Å². The number of carbonyl (C=O) groups is 2. The van der Waals surface area contributed by atoms with Gasteiger partial charge in [0, 0.05) is 25.0 Å². The number of ketones is 1. The van der Waals surface area contributed by atoms with E-state index in [4.69, 9.17) is 0 Å². The Bertz CT molecular complexity index is 256. The minimum absolute atomic E-state index is 0.0269. The van der Waals surface area contributed by atoms with Gasteiger partial charge >= 0.3 is 6.03 Å². The van der Waals surface area contributed by atoms with Crippen molar-refractivity contribution in [1.29, 1.82) is 0 Å². The van der Waals surface area contributed by atoms with Crippen LogP contribution in [0.5, 0.6) is 0 Å². The summed E-state index contributed by atoms with van der Waals surface area (Å²) in [5.41, 5.74) is 0. The molecule has 16 heavy (non-hydrogen) atoms. The zero-order valence-electron chi connectivity index (χ0n) is 10.5. The van der Waals surface area contributed by atoms with Gasteiger partial charge in [-0.15, -0.1) is 0 Å². The lowest BCUT2D eigenvalue weighted by molar-refractivity contribution is -0.116. The highest BCUT2D eigenvalue weighted by Gasteiger charge is 2.28. The lowest BCUT2D eigenvalue weighted by Gasteiger charge is -2.38. The summed E-state index contributed by atoms with van der Waals surface area (Å²) in [5, 5.41) is 2.81. The van der Waals surface area contributed by atoms with Crippen molar-refractivity contribution >= 4 is 11.8 Å². The molecule has 1 aliphatic heterocycles. The lowest BCUT2D eigenvalue weighted by atomic mass is 9.98. The molecule has 0 spiro atoms. The van der Waals surface area contributed by atoms with Gasteiger partial charge in [0.05, 0.1) is 0 Å². The lowest BCUT2D eigenvalue weighted by Crippen LogP contribution is -2.52. The topological polar surface area (TPSA) is 49.4 Å². The first kappa shape index (κ1) is 13.0. The molecule has 0 aromatic rings. The number of carbonyl (C=O) groups excluding carboxylic acids is 2. The molecule has 2 unspecified atom stereocenters. The quantitative estimate of drug-likeness (QED) is 0.799. The number of nitrogens with one attached hydrogen (secondary N) is 1. The third-order valence-electron chi connectivity index (χ3n) is 3.18. The Kier molecular flexibility index (Phi) is 4.77. The summed E-state index contributed by atoms with van der Waals surface area (Å²) in [6, 6.07) is 0.586. The van der Waals surface area contributed by atoms with Crippen molar-refractivity contribution in [3.05, 3.63) is 0 Å². The molecule has 4 nitrogen and oxygen atoms in total. The highest BCUT2D eigenvalue weighted by molar-refractivity contribution is 5.78. The molecule has 92 valence electrons. The van der Waals surface area contributed by atoms with Crippen molar-refractivity contribution in [2.75, 3.05) is 6.54 Å². The molecular weight excluding hydrogens is 204 g/mol. The molecule has 1 heterocycles. The average molecular weight is 226 g/mol. The first-order chi connectivity index (χ1) is 7.52. The number of hydrogen-bond donors (Lipinski definition) is 1. The van der Waals surface area contributed by atoms with Crippen LogP contribution in [0.25, 0.3) is 0 Å². The summed E-state index contributed by atoms with van der Waals surface area (Å²) < 4.78 is 0. The van der Waals surface area contributed by atoms with E-state index < -0.39 is 0 Å². The van der Waals surface area contributed by atoms with Crippen LogP contribution in [0.3, 0.4) is 0 Å². The van der Waals surface area contributed by atoms with Gasteiger partial charge in [0.2, 0.25) is 0 Å².